The van der Waals surface area contributed by atoms with Gasteiger partial charge >= 0.3 is 0 Å². The summed E-state index contributed by atoms with van der Waals surface area (Å²) in [7, 11) is 0. The highest BCUT2D eigenvalue weighted by Crippen LogP contribution is 2.19. The van der Waals surface area contributed by atoms with Gasteiger partial charge in [0, 0.05) is 10.0 Å². The van der Waals surface area contributed by atoms with Crippen LogP contribution in [-0.4, -0.2) is 15.9 Å². The van der Waals surface area contributed by atoms with Crippen molar-refractivity contribution in [2.45, 2.75) is 13.5 Å². The minimum atomic E-state index is 0.358. The number of para-hydroxylation sites is 1. The number of halogens is 1. The molecule has 0 atom stereocenters. The van der Waals surface area contributed by atoms with Crippen LogP contribution in [0.15, 0.2) is 64.3 Å². The molecule has 0 amide bonds. The molecule has 0 aliphatic rings. The second kappa shape index (κ2) is 7.31. The Morgan fingerprint density at radius 2 is 2.08 bits per heavy atom. The molecule has 1 heterocycles. The Balaban J connectivity index is 1.76. The van der Waals surface area contributed by atoms with E-state index in [1.807, 2.05) is 55.5 Å². The maximum absolute atomic E-state index is 5.93. The van der Waals surface area contributed by atoms with Gasteiger partial charge in [-0.1, -0.05) is 40.2 Å². The fourth-order valence-electron chi connectivity index (χ4n) is 2.23. The average Bonchev–Trinajstić information content (AvgIpc) is 2.89. The van der Waals surface area contributed by atoms with Gasteiger partial charge in [0.2, 0.25) is 5.95 Å². The summed E-state index contributed by atoms with van der Waals surface area (Å²) >= 11 is 3.47. The highest BCUT2D eigenvalue weighted by molar-refractivity contribution is 9.10. The average molecular weight is 385 g/mol. The van der Waals surface area contributed by atoms with Gasteiger partial charge in [0.1, 0.15) is 12.4 Å². The van der Waals surface area contributed by atoms with Crippen LogP contribution in [0.4, 0.5) is 5.95 Å². The van der Waals surface area contributed by atoms with Gasteiger partial charge < -0.3 is 10.5 Å². The second-order valence-corrected chi connectivity index (χ2v) is 6.20. The number of rotatable bonds is 5. The maximum Gasteiger partial charge on any atom is 0.221 e. The van der Waals surface area contributed by atoms with Crippen molar-refractivity contribution in [2.75, 3.05) is 5.73 Å². The smallest absolute Gasteiger partial charge is 0.221 e. The molecule has 0 fully saturated rings. The van der Waals surface area contributed by atoms with Gasteiger partial charge in [-0.15, -0.1) is 0 Å². The van der Waals surface area contributed by atoms with Crippen molar-refractivity contribution in [3.8, 4) is 5.75 Å². The normalized spacial score (nSPS) is 11.1. The monoisotopic (exact) mass is 384 g/mol. The zero-order valence-electron chi connectivity index (χ0n) is 13.2. The number of hydrogen-bond donors (Lipinski definition) is 1. The van der Waals surface area contributed by atoms with Crippen molar-refractivity contribution in [1.82, 2.24) is 9.66 Å². The van der Waals surface area contributed by atoms with Crippen LogP contribution in [-0.2, 0) is 6.61 Å². The van der Waals surface area contributed by atoms with Crippen molar-refractivity contribution in [2.24, 2.45) is 5.10 Å². The zero-order chi connectivity index (χ0) is 16.9. The first-order valence-corrected chi connectivity index (χ1v) is 8.23. The third-order valence-corrected chi connectivity index (χ3v) is 3.85. The molecule has 122 valence electrons. The minimum absolute atomic E-state index is 0.358. The number of benzene rings is 2. The number of hydrogen-bond acceptors (Lipinski definition) is 4. The molecule has 0 bridgehead atoms. The molecule has 0 unspecified atom stereocenters. The number of aromatic nitrogens is 2. The molecule has 24 heavy (non-hydrogen) atoms. The third-order valence-electron chi connectivity index (χ3n) is 3.36. The molecule has 1 aromatic heterocycles. The topological polar surface area (TPSA) is 65.4 Å². The molecule has 0 aliphatic carbocycles. The Hall–Kier alpha value is -2.60. The fraction of sp³-hybridized carbons (Fsp3) is 0.111. The predicted molar refractivity (Wildman–Crippen MR) is 99.3 cm³/mol. The van der Waals surface area contributed by atoms with E-state index in [2.05, 4.69) is 26.0 Å². The first-order valence-electron chi connectivity index (χ1n) is 7.44. The Kier molecular flexibility index (Phi) is 4.96. The molecule has 0 spiro atoms. The number of ether oxygens (including phenoxy) is 1. The number of nitrogen functional groups attached to an aromatic ring is 1. The number of imidazole rings is 1. The standard InChI is InChI=1S/C18H17BrN4O/c1-13-11-23(18(20)22-13)21-10-15-6-2-3-8-17(15)24-12-14-5-4-7-16(19)9-14/h2-11H,12H2,1H3,(H2,20,22). The lowest BCUT2D eigenvalue weighted by atomic mass is 10.2. The summed E-state index contributed by atoms with van der Waals surface area (Å²) in [5.41, 5.74) is 8.58. The maximum atomic E-state index is 5.93. The largest absolute Gasteiger partial charge is 0.488 e. The first-order chi connectivity index (χ1) is 11.6. The van der Waals surface area contributed by atoms with Crippen LogP contribution < -0.4 is 10.5 Å². The predicted octanol–water partition coefficient (Wildman–Crippen LogP) is 4.00. The Morgan fingerprint density at radius 1 is 1.25 bits per heavy atom. The van der Waals surface area contributed by atoms with E-state index in [4.69, 9.17) is 10.5 Å². The van der Waals surface area contributed by atoms with Gasteiger partial charge in [-0.25, -0.2) is 9.66 Å². The van der Waals surface area contributed by atoms with Crippen LogP contribution in [0.5, 0.6) is 5.75 Å². The van der Waals surface area contributed by atoms with E-state index in [0.29, 0.717) is 12.6 Å². The number of aryl methyl sites for hydroxylation is 1. The molecule has 2 N–H and O–H groups in total. The van der Waals surface area contributed by atoms with E-state index in [-0.39, 0.29) is 0 Å². The van der Waals surface area contributed by atoms with Crippen molar-refractivity contribution < 1.29 is 4.74 Å². The van der Waals surface area contributed by atoms with Crippen LogP contribution in [0.1, 0.15) is 16.8 Å². The summed E-state index contributed by atoms with van der Waals surface area (Å²) in [6.45, 7) is 2.36. The van der Waals surface area contributed by atoms with Crippen LogP contribution in [0.2, 0.25) is 0 Å². The molecule has 0 saturated heterocycles. The van der Waals surface area contributed by atoms with Crippen LogP contribution in [0.3, 0.4) is 0 Å². The quantitative estimate of drug-likeness (QED) is 0.676. The van der Waals surface area contributed by atoms with Gasteiger partial charge in [-0.2, -0.15) is 5.10 Å². The summed E-state index contributed by atoms with van der Waals surface area (Å²) in [5, 5.41) is 4.34. The second-order valence-electron chi connectivity index (χ2n) is 5.29. The van der Waals surface area contributed by atoms with E-state index in [1.165, 1.54) is 0 Å². The molecule has 3 rings (SSSR count). The third kappa shape index (κ3) is 4.02. The number of nitrogens with two attached hydrogens (primary N) is 1. The van der Waals surface area contributed by atoms with E-state index < -0.39 is 0 Å². The summed E-state index contributed by atoms with van der Waals surface area (Å²) in [6.07, 6.45) is 3.49. The lowest BCUT2D eigenvalue weighted by Crippen LogP contribution is -2.00. The van der Waals surface area contributed by atoms with Gasteiger partial charge in [0.05, 0.1) is 18.1 Å². The van der Waals surface area contributed by atoms with E-state index in [9.17, 15) is 0 Å². The van der Waals surface area contributed by atoms with E-state index >= 15 is 0 Å². The van der Waals surface area contributed by atoms with Gasteiger partial charge in [0.25, 0.3) is 0 Å². The van der Waals surface area contributed by atoms with Gasteiger partial charge in [0.15, 0.2) is 0 Å². The summed E-state index contributed by atoms with van der Waals surface area (Å²) < 4.78 is 8.51. The highest BCUT2D eigenvalue weighted by atomic mass is 79.9. The molecule has 2 aromatic carbocycles. The van der Waals surface area contributed by atoms with Crippen molar-refractivity contribution >= 4 is 28.1 Å². The van der Waals surface area contributed by atoms with Crippen LogP contribution >= 0.6 is 15.9 Å². The summed E-state index contributed by atoms with van der Waals surface area (Å²) in [4.78, 5) is 4.12. The lowest BCUT2D eigenvalue weighted by molar-refractivity contribution is 0.305. The number of anilines is 1. The number of nitrogens with zero attached hydrogens (tertiary/aromatic N) is 3. The molecular formula is C18H17BrN4O. The van der Waals surface area contributed by atoms with Crippen molar-refractivity contribution in [3.63, 3.8) is 0 Å². The summed E-state index contributed by atoms with van der Waals surface area (Å²) in [5.74, 6) is 1.12. The molecule has 6 heteroatoms. The molecular weight excluding hydrogens is 368 g/mol. The Bertz CT molecular complexity index is 873. The van der Waals surface area contributed by atoms with Crippen LogP contribution in [0, 0.1) is 6.92 Å². The summed E-state index contributed by atoms with van der Waals surface area (Å²) in [6, 6.07) is 15.8. The SMILES string of the molecule is Cc1cn(N=Cc2ccccc2OCc2cccc(Br)c2)c(N)n1. The van der Waals surface area contributed by atoms with Gasteiger partial charge in [-0.05, 0) is 36.8 Å². The lowest BCUT2D eigenvalue weighted by Gasteiger charge is -2.09. The highest BCUT2D eigenvalue weighted by Gasteiger charge is 2.03. The fourth-order valence-corrected chi connectivity index (χ4v) is 2.67. The molecule has 3 aromatic rings. The van der Waals surface area contributed by atoms with E-state index in [1.54, 1.807) is 17.1 Å². The Labute approximate surface area is 148 Å². The van der Waals surface area contributed by atoms with Crippen LogP contribution in [0.25, 0.3) is 0 Å². The van der Waals surface area contributed by atoms with Crippen molar-refractivity contribution in [1.29, 1.82) is 0 Å². The molecule has 0 radical (unpaired) electrons. The first kappa shape index (κ1) is 16.3. The molecule has 5 nitrogen and oxygen atoms in total. The van der Waals surface area contributed by atoms with Crippen molar-refractivity contribution in [3.05, 3.63) is 76.0 Å². The Morgan fingerprint density at radius 3 is 2.83 bits per heavy atom. The zero-order valence-corrected chi connectivity index (χ0v) is 14.8. The van der Waals surface area contributed by atoms with Gasteiger partial charge in [-0.3, -0.25) is 0 Å². The van der Waals surface area contributed by atoms with E-state index in [0.717, 1.165) is 27.0 Å². The molecule has 0 saturated carbocycles. The minimum Gasteiger partial charge on any atom is -0.488 e. The molecule has 0 aliphatic heterocycles.